The number of hydrogen-bond acceptors (Lipinski definition) is 2. The maximum absolute atomic E-state index is 12.8. The van der Waals surface area contributed by atoms with Crippen LogP contribution in [0.3, 0.4) is 0 Å². The van der Waals surface area contributed by atoms with E-state index in [9.17, 15) is 22.8 Å². The molecule has 0 radical (unpaired) electrons. The van der Waals surface area contributed by atoms with Crippen LogP contribution in [0.4, 0.5) is 13.2 Å². The van der Waals surface area contributed by atoms with Crippen LogP contribution in [-0.4, -0.2) is 28.8 Å². The van der Waals surface area contributed by atoms with Gasteiger partial charge in [0.1, 0.15) is 6.04 Å². The Hall–Kier alpha value is -1.76. The second kappa shape index (κ2) is 6.27. The molecular formula is C16H16ClF3N2O2. The van der Waals surface area contributed by atoms with Gasteiger partial charge in [-0.3, -0.25) is 9.59 Å². The number of benzene rings is 1. The van der Waals surface area contributed by atoms with E-state index >= 15 is 0 Å². The molecule has 1 N–H and O–H groups in total. The fraction of sp³-hybridized carbons (Fsp3) is 0.500. The largest absolute Gasteiger partial charge is 0.417 e. The highest BCUT2D eigenvalue weighted by Gasteiger charge is 2.44. The van der Waals surface area contributed by atoms with E-state index in [0.29, 0.717) is 12.8 Å². The third-order valence-electron chi connectivity index (χ3n) is 4.34. The average molecular weight is 361 g/mol. The lowest BCUT2D eigenvalue weighted by molar-refractivity contribution is -0.137. The van der Waals surface area contributed by atoms with Crippen molar-refractivity contribution in [2.75, 3.05) is 0 Å². The molecule has 0 bridgehead atoms. The van der Waals surface area contributed by atoms with E-state index in [4.69, 9.17) is 11.6 Å². The first-order chi connectivity index (χ1) is 11.3. The van der Waals surface area contributed by atoms with Crippen molar-refractivity contribution in [2.45, 2.75) is 50.5 Å². The lowest BCUT2D eigenvalue weighted by Crippen LogP contribution is -2.45. The first-order valence-electron chi connectivity index (χ1n) is 7.72. The van der Waals surface area contributed by atoms with Gasteiger partial charge in [0.05, 0.1) is 10.6 Å². The van der Waals surface area contributed by atoms with Crippen molar-refractivity contribution in [1.29, 1.82) is 0 Å². The van der Waals surface area contributed by atoms with Crippen molar-refractivity contribution in [2.24, 2.45) is 0 Å². The van der Waals surface area contributed by atoms with Crippen molar-refractivity contribution >= 4 is 23.4 Å². The highest BCUT2D eigenvalue weighted by molar-refractivity contribution is 6.32. The van der Waals surface area contributed by atoms with E-state index in [2.05, 4.69) is 5.32 Å². The highest BCUT2D eigenvalue weighted by atomic mass is 35.5. The first kappa shape index (κ1) is 17.1. The lowest BCUT2D eigenvalue weighted by Gasteiger charge is -2.24. The minimum Gasteiger partial charge on any atom is -0.350 e. The van der Waals surface area contributed by atoms with Gasteiger partial charge in [0, 0.05) is 19.0 Å². The number of nitrogens with one attached hydrogen (secondary N) is 1. The molecule has 1 aromatic carbocycles. The van der Waals surface area contributed by atoms with Crippen molar-refractivity contribution < 1.29 is 22.8 Å². The molecule has 1 saturated carbocycles. The molecule has 0 aromatic heterocycles. The summed E-state index contributed by atoms with van der Waals surface area (Å²) in [5, 5.41) is 2.20. The number of nitrogens with zero attached hydrogens (tertiary/aromatic N) is 1. The molecule has 1 aliphatic carbocycles. The molecule has 0 spiro atoms. The topological polar surface area (TPSA) is 49.4 Å². The fourth-order valence-electron chi connectivity index (χ4n) is 3.01. The van der Waals surface area contributed by atoms with Gasteiger partial charge in [0.2, 0.25) is 11.8 Å². The van der Waals surface area contributed by atoms with Gasteiger partial charge in [-0.2, -0.15) is 13.2 Å². The van der Waals surface area contributed by atoms with Crippen LogP contribution < -0.4 is 5.32 Å². The quantitative estimate of drug-likeness (QED) is 0.896. The maximum atomic E-state index is 12.8. The standard InChI is InChI=1S/C16H16ClF3N2O2/c17-14-9(2-1-3-11(14)16(18,19)20)8-21-15(24)12-6-7-13(23)22(12)10-4-5-10/h1-3,10,12H,4-8H2,(H,21,24). The van der Waals surface area contributed by atoms with Gasteiger partial charge < -0.3 is 10.2 Å². The predicted octanol–water partition coefficient (Wildman–Crippen LogP) is 3.13. The number of amides is 2. The second-order valence-corrected chi connectivity index (χ2v) is 6.46. The summed E-state index contributed by atoms with van der Waals surface area (Å²) in [6, 6.07) is 3.20. The van der Waals surface area contributed by atoms with Crippen molar-refractivity contribution in [3.63, 3.8) is 0 Å². The third kappa shape index (κ3) is 3.36. The van der Waals surface area contributed by atoms with Gasteiger partial charge in [-0.1, -0.05) is 23.7 Å². The molecule has 1 saturated heterocycles. The Bertz CT molecular complexity index is 674. The molecule has 130 valence electrons. The molecule has 4 nitrogen and oxygen atoms in total. The van der Waals surface area contributed by atoms with Crippen molar-refractivity contribution in [3.05, 3.63) is 34.3 Å². The van der Waals surface area contributed by atoms with Crippen LogP contribution in [0.1, 0.15) is 36.8 Å². The van der Waals surface area contributed by atoms with E-state index in [-0.39, 0.29) is 30.0 Å². The summed E-state index contributed by atoms with van der Waals surface area (Å²) >= 11 is 5.81. The lowest BCUT2D eigenvalue weighted by atomic mass is 10.1. The Morgan fingerprint density at radius 1 is 1.29 bits per heavy atom. The maximum Gasteiger partial charge on any atom is 0.417 e. The molecule has 1 aliphatic heterocycles. The van der Waals surface area contributed by atoms with Gasteiger partial charge in [-0.25, -0.2) is 0 Å². The minimum atomic E-state index is -4.54. The summed E-state index contributed by atoms with van der Waals surface area (Å²) < 4.78 is 38.5. The molecule has 1 unspecified atom stereocenters. The van der Waals surface area contributed by atoms with Crippen LogP contribution in [0, 0.1) is 0 Å². The van der Waals surface area contributed by atoms with Crippen LogP contribution in [0.5, 0.6) is 0 Å². The normalized spacial score (nSPS) is 21.2. The second-order valence-electron chi connectivity index (χ2n) is 6.08. The molecule has 2 fully saturated rings. The Balaban J connectivity index is 1.68. The summed E-state index contributed by atoms with van der Waals surface area (Å²) in [5.74, 6) is -0.379. The van der Waals surface area contributed by atoms with Crippen LogP contribution >= 0.6 is 11.6 Å². The first-order valence-corrected chi connectivity index (χ1v) is 8.10. The molecule has 2 aliphatic rings. The molecule has 1 aromatic rings. The summed E-state index contributed by atoms with van der Waals surface area (Å²) in [4.78, 5) is 25.8. The Morgan fingerprint density at radius 2 is 2.00 bits per heavy atom. The molecule has 24 heavy (non-hydrogen) atoms. The van der Waals surface area contributed by atoms with Crippen LogP contribution in [0.2, 0.25) is 5.02 Å². The summed E-state index contributed by atoms with van der Waals surface area (Å²) in [6.07, 6.45) is -1.97. The number of alkyl halides is 3. The number of hydrogen-bond donors (Lipinski definition) is 1. The molecule has 8 heteroatoms. The van der Waals surface area contributed by atoms with Crippen LogP contribution in [-0.2, 0) is 22.3 Å². The smallest absolute Gasteiger partial charge is 0.350 e. The van der Waals surface area contributed by atoms with Crippen molar-refractivity contribution in [1.82, 2.24) is 10.2 Å². The monoisotopic (exact) mass is 360 g/mol. The summed E-state index contributed by atoms with van der Waals surface area (Å²) in [7, 11) is 0. The van der Waals surface area contributed by atoms with Gasteiger partial charge in [-0.05, 0) is 30.9 Å². The number of carbonyl (C=O) groups excluding carboxylic acids is 2. The van der Waals surface area contributed by atoms with Gasteiger partial charge in [0.15, 0.2) is 0 Å². The zero-order chi connectivity index (χ0) is 17.5. The average Bonchev–Trinajstić information content (AvgIpc) is 3.27. The number of rotatable bonds is 4. The molecular weight excluding hydrogens is 345 g/mol. The van der Waals surface area contributed by atoms with E-state index in [1.165, 1.54) is 12.1 Å². The van der Waals surface area contributed by atoms with Gasteiger partial charge >= 0.3 is 6.18 Å². The predicted molar refractivity (Wildman–Crippen MR) is 81.2 cm³/mol. The van der Waals surface area contributed by atoms with Gasteiger partial charge in [0.25, 0.3) is 0 Å². The Labute approximate surface area is 142 Å². The SMILES string of the molecule is O=C(NCc1cccc(C(F)(F)F)c1Cl)C1CCC(=O)N1C1CC1. The van der Waals surface area contributed by atoms with E-state index < -0.39 is 22.8 Å². The zero-order valence-corrected chi connectivity index (χ0v) is 13.5. The number of halogens is 4. The number of likely N-dealkylation sites (tertiary alicyclic amines) is 1. The fourth-order valence-corrected chi connectivity index (χ4v) is 3.31. The number of carbonyl (C=O) groups is 2. The Morgan fingerprint density at radius 3 is 2.62 bits per heavy atom. The molecule has 1 atom stereocenters. The summed E-state index contributed by atoms with van der Waals surface area (Å²) in [6.45, 7) is -0.106. The zero-order valence-electron chi connectivity index (χ0n) is 12.7. The highest BCUT2D eigenvalue weighted by Crippen LogP contribution is 2.36. The molecule has 1 heterocycles. The molecule has 2 amide bonds. The van der Waals surface area contributed by atoms with Crippen LogP contribution in [0.15, 0.2) is 18.2 Å². The minimum absolute atomic E-state index is 0.0326. The van der Waals surface area contributed by atoms with E-state index in [0.717, 1.165) is 18.9 Å². The summed E-state index contributed by atoms with van der Waals surface area (Å²) in [5.41, 5.74) is -0.728. The molecule has 3 rings (SSSR count). The van der Waals surface area contributed by atoms with Crippen molar-refractivity contribution in [3.8, 4) is 0 Å². The van der Waals surface area contributed by atoms with Gasteiger partial charge in [-0.15, -0.1) is 0 Å². The van der Waals surface area contributed by atoms with Crippen LogP contribution in [0.25, 0.3) is 0 Å². The Kier molecular flexibility index (Phi) is 4.46. The van der Waals surface area contributed by atoms with E-state index in [1.54, 1.807) is 4.90 Å². The van der Waals surface area contributed by atoms with E-state index in [1.807, 2.05) is 0 Å². The third-order valence-corrected chi connectivity index (χ3v) is 4.78.